The third-order valence-electron chi connectivity index (χ3n) is 7.22. The van der Waals surface area contributed by atoms with Gasteiger partial charge in [0, 0.05) is 36.7 Å². The van der Waals surface area contributed by atoms with E-state index in [0.29, 0.717) is 47.0 Å². The fraction of sp³-hybridized carbons (Fsp3) is 0.138. The number of carbonyl (C=O) groups excluding carboxylic acids is 1. The van der Waals surface area contributed by atoms with Crippen LogP contribution in [0.15, 0.2) is 79.5 Å². The normalized spacial score (nSPS) is 14.4. The summed E-state index contributed by atoms with van der Waals surface area (Å²) >= 11 is 0. The number of nitrogens with two attached hydrogens (primary N) is 1. The fourth-order valence-corrected chi connectivity index (χ4v) is 5.31. The fourth-order valence-electron chi connectivity index (χ4n) is 5.31. The van der Waals surface area contributed by atoms with Crippen LogP contribution in [0.5, 0.6) is 0 Å². The predicted molar refractivity (Wildman–Crippen MR) is 149 cm³/mol. The highest BCUT2D eigenvalue weighted by molar-refractivity contribution is 5.93. The van der Waals surface area contributed by atoms with Crippen LogP contribution in [-0.2, 0) is 6.42 Å². The Balaban J connectivity index is 1.29. The Morgan fingerprint density at radius 3 is 2.69 bits per heavy atom. The summed E-state index contributed by atoms with van der Waals surface area (Å²) < 4.78 is 30.4. The average Bonchev–Trinajstić information content (AvgIpc) is 3.76. The maximum Gasteiger partial charge on any atom is 0.282 e. The molecule has 1 aliphatic rings. The van der Waals surface area contributed by atoms with Gasteiger partial charge in [-0.15, -0.1) is 0 Å². The first-order chi connectivity index (χ1) is 20.5. The Kier molecular flexibility index (Phi) is 6.11. The Labute approximate surface area is 237 Å². The molecule has 0 unspecified atom stereocenters. The number of nitrogens with zero attached hydrogens (tertiary/aromatic N) is 8. The lowest BCUT2D eigenvalue weighted by Crippen LogP contribution is -2.29. The number of halogens is 2. The van der Waals surface area contributed by atoms with Crippen molar-refractivity contribution in [1.82, 2.24) is 44.6 Å². The van der Waals surface area contributed by atoms with Gasteiger partial charge < -0.3 is 11.1 Å². The lowest BCUT2D eigenvalue weighted by atomic mass is 10.1. The van der Waals surface area contributed by atoms with Gasteiger partial charge in [0.2, 0.25) is 0 Å². The molecule has 0 saturated heterocycles. The van der Waals surface area contributed by atoms with E-state index in [0.717, 1.165) is 23.0 Å². The van der Waals surface area contributed by atoms with Crippen LogP contribution in [0.25, 0.3) is 34.1 Å². The molecule has 11 nitrogen and oxygen atoms in total. The zero-order valence-corrected chi connectivity index (χ0v) is 21.9. The number of nitrogen functional groups attached to an aromatic ring is 1. The number of amides is 1. The molecule has 0 bridgehead atoms. The van der Waals surface area contributed by atoms with Gasteiger partial charge in [-0.05, 0) is 66.4 Å². The summed E-state index contributed by atoms with van der Waals surface area (Å²) in [5.74, 6) is 0.837. The molecular weight excluding hydrogens is 542 g/mol. The van der Waals surface area contributed by atoms with E-state index in [1.807, 2.05) is 53.2 Å². The quantitative estimate of drug-likeness (QED) is 0.303. The monoisotopic (exact) mass is 564 g/mol. The molecule has 0 aliphatic heterocycles. The van der Waals surface area contributed by atoms with Crippen molar-refractivity contribution in [2.24, 2.45) is 0 Å². The van der Waals surface area contributed by atoms with Crippen LogP contribution >= 0.6 is 0 Å². The Morgan fingerprint density at radius 2 is 1.88 bits per heavy atom. The second kappa shape index (κ2) is 10.1. The number of hydrogen-bond donors (Lipinski definition) is 2. The van der Waals surface area contributed by atoms with Crippen molar-refractivity contribution in [2.75, 3.05) is 5.73 Å². The van der Waals surface area contributed by atoms with Crippen molar-refractivity contribution in [3.63, 3.8) is 0 Å². The van der Waals surface area contributed by atoms with Crippen molar-refractivity contribution >= 4 is 22.9 Å². The van der Waals surface area contributed by atoms with Crippen molar-refractivity contribution in [3.05, 3.63) is 102 Å². The third kappa shape index (κ3) is 4.31. The van der Waals surface area contributed by atoms with E-state index in [-0.39, 0.29) is 11.7 Å². The predicted octanol–water partition coefficient (Wildman–Crippen LogP) is 4.40. The number of alkyl halides is 2. The second-order valence-corrected chi connectivity index (χ2v) is 9.71. The molecule has 6 aromatic rings. The van der Waals surface area contributed by atoms with Crippen molar-refractivity contribution in [3.8, 4) is 22.9 Å². The number of carbonyl (C=O) groups is 1. The minimum atomic E-state index is -2.91. The van der Waals surface area contributed by atoms with Gasteiger partial charge in [-0.2, -0.15) is 5.10 Å². The number of aryl methyl sites for hydroxylation is 1. The summed E-state index contributed by atoms with van der Waals surface area (Å²) in [6.07, 6.45) is 5.84. The standard InChI is InChI=1S/C29H22F2N10O/c30-25(31)23-24(34-13-12-33-23)29(42)38-20-7-4-16-15-17(5-6-18(16)20)41-27(19-3-1-10-35-26(19)32)37-21-8-9-22(39-28(21)41)40-14-2-11-36-40/h1-3,5-6,8-15,20,25H,4,7H2,(H2,32,35)(H,38,42)/t20-/m0/s1. The molecule has 13 heteroatoms. The van der Waals surface area contributed by atoms with Crippen LogP contribution in [0.4, 0.5) is 14.6 Å². The summed E-state index contributed by atoms with van der Waals surface area (Å²) in [6, 6.07) is 14.7. The number of rotatable bonds is 6. The molecule has 1 aromatic carbocycles. The van der Waals surface area contributed by atoms with Crippen LogP contribution in [-0.4, -0.2) is 45.2 Å². The summed E-state index contributed by atoms with van der Waals surface area (Å²) in [5.41, 5.74) is 9.86. The third-order valence-corrected chi connectivity index (χ3v) is 7.22. The topological polar surface area (TPSA) is 142 Å². The first kappa shape index (κ1) is 25.4. The van der Waals surface area contributed by atoms with Gasteiger partial charge in [0.25, 0.3) is 12.3 Å². The number of anilines is 1. The number of fused-ring (bicyclic) bond motifs is 2. The van der Waals surface area contributed by atoms with Gasteiger partial charge >= 0.3 is 0 Å². The Bertz CT molecular complexity index is 1950. The maximum atomic E-state index is 13.4. The zero-order valence-electron chi connectivity index (χ0n) is 21.9. The molecule has 1 atom stereocenters. The lowest BCUT2D eigenvalue weighted by molar-refractivity contribution is 0.0913. The van der Waals surface area contributed by atoms with Gasteiger partial charge in [-0.25, -0.2) is 33.4 Å². The van der Waals surface area contributed by atoms with E-state index >= 15 is 0 Å². The van der Waals surface area contributed by atoms with Crippen LogP contribution in [0, 0.1) is 0 Å². The number of benzene rings is 1. The van der Waals surface area contributed by atoms with E-state index in [1.54, 1.807) is 23.1 Å². The smallest absolute Gasteiger partial charge is 0.282 e. The van der Waals surface area contributed by atoms with E-state index in [9.17, 15) is 13.6 Å². The maximum absolute atomic E-state index is 13.4. The van der Waals surface area contributed by atoms with Crippen LogP contribution in [0.3, 0.4) is 0 Å². The highest BCUT2D eigenvalue weighted by Crippen LogP contribution is 2.36. The minimum Gasteiger partial charge on any atom is -0.383 e. The first-order valence-electron chi connectivity index (χ1n) is 13.1. The highest BCUT2D eigenvalue weighted by atomic mass is 19.3. The number of imidazole rings is 1. The average molecular weight is 565 g/mol. The molecule has 0 saturated carbocycles. The molecule has 0 spiro atoms. The van der Waals surface area contributed by atoms with Gasteiger partial charge in [-0.1, -0.05) is 6.07 Å². The molecule has 1 aliphatic carbocycles. The van der Waals surface area contributed by atoms with Gasteiger partial charge in [0.1, 0.15) is 17.0 Å². The molecular formula is C29H22F2N10O. The zero-order chi connectivity index (χ0) is 28.8. The Hall–Kier alpha value is -5.59. The molecule has 7 rings (SSSR count). The Morgan fingerprint density at radius 1 is 1.00 bits per heavy atom. The van der Waals surface area contributed by atoms with Crippen molar-refractivity contribution in [2.45, 2.75) is 25.3 Å². The van der Waals surface area contributed by atoms with E-state index in [4.69, 9.17) is 15.7 Å². The number of aromatic nitrogens is 8. The van der Waals surface area contributed by atoms with Crippen molar-refractivity contribution < 1.29 is 13.6 Å². The molecule has 208 valence electrons. The van der Waals surface area contributed by atoms with Gasteiger partial charge in [0.05, 0.1) is 11.6 Å². The minimum absolute atomic E-state index is 0.331. The molecule has 42 heavy (non-hydrogen) atoms. The van der Waals surface area contributed by atoms with E-state index < -0.39 is 18.0 Å². The van der Waals surface area contributed by atoms with Crippen molar-refractivity contribution in [1.29, 1.82) is 0 Å². The van der Waals surface area contributed by atoms with Crippen LogP contribution < -0.4 is 11.1 Å². The molecule has 3 N–H and O–H groups in total. The first-order valence-corrected chi connectivity index (χ1v) is 13.1. The summed E-state index contributed by atoms with van der Waals surface area (Å²) in [5, 5.41) is 7.16. The summed E-state index contributed by atoms with van der Waals surface area (Å²) in [6.45, 7) is 0. The number of pyridine rings is 2. The van der Waals surface area contributed by atoms with E-state index in [1.165, 1.54) is 6.20 Å². The molecule has 0 radical (unpaired) electrons. The second-order valence-electron chi connectivity index (χ2n) is 9.71. The molecule has 1 amide bonds. The van der Waals surface area contributed by atoms with Crippen LogP contribution in [0.2, 0.25) is 0 Å². The molecule has 5 heterocycles. The SMILES string of the molecule is Nc1ncccc1-c1nc2ccc(-n3cccn3)nc2n1-c1ccc2c(c1)CC[C@@H]2NC(=O)c1nccnc1C(F)F. The highest BCUT2D eigenvalue weighted by Gasteiger charge is 2.29. The van der Waals surface area contributed by atoms with Gasteiger partial charge in [0.15, 0.2) is 23.0 Å². The van der Waals surface area contributed by atoms with Gasteiger partial charge in [-0.3, -0.25) is 14.3 Å². The molecule has 0 fully saturated rings. The molecule has 5 aromatic heterocycles. The summed E-state index contributed by atoms with van der Waals surface area (Å²) in [4.78, 5) is 34.4. The lowest BCUT2D eigenvalue weighted by Gasteiger charge is -2.16. The van der Waals surface area contributed by atoms with E-state index in [2.05, 4.69) is 25.4 Å². The number of hydrogen-bond acceptors (Lipinski definition) is 8. The van der Waals surface area contributed by atoms with Crippen LogP contribution in [0.1, 0.15) is 46.2 Å². The summed E-state index contributed by atoms with van der Waals surface area (Å²) in [7, 11) is 0. The largest absolute Gasteiger partial charge is 0.383 e. The number of nitrogens with one attached hydrogen (secondary N) is 1.